The maximum Gasteiger partial charge on any atom is 0.308 e. The van der Waals surface area contributed by atoms with E-state index in [9.17, 15) is 9.59 Å². The van der Waals surface area contributed by atoms with E-state index in [1.165, 1.54) is 6.92 Å². The van der Waals surface area contributed by atoms with Crippen LogP contribution >= 0.6 is 0 Å². The van der Waals surface area contributed by atoms with Gasteiger partial charge in [0.15, 0.2) is 0 Å². The highest BCUT2D eigenvalue weighted by molar-refractivity contribution is 5.69. The lowest BCUT2D eigenvalue weighted by Crippen LogP contribution is -2.01. The first kappa shape index (κ1) is 10.2. The summed E-state index contributed by atoms with van der Waals surface area (Å²) in [6.45, 7) is 1.95. The van der Waals surface area contributed by atoms with Crippen molar-refractivity contribution in [3.05, 3.63) is 29.8 Å². The van der Waals surface area contributed by atoms with Gasteiger partial charge in [0.1, 0.15) is 12.4 Å². The second-order valence-electron chi connectivity index (χ2n) is 2.64. The van der Waals surface area contributed by atoms with E-state index < -0.39 is 0 Å². The predicted octanol–water partition coefficient (Wildman–Crippen LogP) is 1.28. The van der Waals surface area contributed by atoms with Gasteiger partial charge in [-0.3, -0.25) is 9.59 Å². The van der Waals surface area contributed by atoms with Gasteiger partial charge >= 0.3 is 5.97 Å². The third kappa shape index (κ3) is 3.26. The van der Waals surface area contributed by atoms with Crippen LogP contribution in [0, 0.1) is 0 Å². The molecule has 0 atom stereocenters. The van der Waals surface area contributed by atoms with Crippen LogP contribution < -0.4 is 4.74 Å². The van der Waals surface area contributed by atoms with Crippen molar-refractivity contribution in [2.24, 2.45) is 0 Å². The molecule has 0 bridgehead atoms. The average Bonchev–Trinajstić information content (AvgIpc) is 2.16. The molecule has 0 aliphatic rings. The lowest BCUT2D eigenvalue weighted by Gasteiger charge is -2.02. The Hall–Kier alpha value is -1.84. The average molecular weight is 194 g/mol. The highest BCUT2D eigenvalue weighted by atomic mass is 16.5. The summed E-state index contributed by atoms with van der Waals surface area (Å²) in [5, 5.41) is 0. The van der Waals surface area contributed by atoms with E-state index in [2.05, 4.69) is 4.74 Å². The zero-order valence-electron chi connectivity index (χ0n) is 7.73. The second-order valence-corrected chi connectivity index (χ2v) is 2.64. The first-order valence-corrected chi connectivity index (χ1v) is 4.05. The number of rotatable bonds is 4. The summed E-state index contributed by atoms with van der Waals surface area (Å²) >= 11 is 0. The van der Waals surface area contributed by atoms with Gasteiger partial charge in [0, 0.05) is 6.92 Å². The molecule has 1 aromatic carbocycles. The van der Waals surface area contributed by atoms with E-state index in [1.807, 2.05) is 0 Å². The molecular weight excluding hydrogens is 184 g/mol. The molecule has 0 heterocycles. The molecule has 0 amide bonds. The summed E-state index contributed by atoms with van der Waals surface area (Å²) in [5.41, 5.74) is 0.841. The van der Waals surface area contributed by atoms with Crippen molar-refractivity contribution in [2.45, 2.75) is 13.5 Å². The molecular formula is C10H10O4. The van der Waals surface area contributed by atoms with E-state index in [4.69, 9.17) is 4.74 Å². The molecule has 4 nitrogen and oxygen atoms in total. The number of esters is 1. The van der Waals surface area contributed by atoms with Crippen molar-refractivity contribution in [3.63, 3.8) is 0 Å². The van der Waals surface area contributed by atoms with Gasteiger partial charge in [0.05, 0.1) is 0 Å². The van der Waals surface area contributed by atoms with Crippen LogP contribution in [0.3, 0.4) is 0 Å². The molecule has 0 fully saturated rings. The Kier molecular flexibility index (Phi) is 3.67. The summed E-state index contributed by atoms with van der Waals surface area (Å²) in [6, 6.07) is 6.74. The molecule has 14 heavy (non-hydrogen) atoms. The van der Waals surface area contributed by atoms with E-state index in [0.29, 0.717) is 12.2 Å². The van der Waals surface area contributed by atoms with Crippen LogP contribution in [0.25, 0.3) is 0 Å². The maximum atomic E-state index is 10.6. The smallest absolute Gasteiger partial charge is 0.308 e. The topological polar surface area (TPSA) is 52.6 Å². The summed E-state index contributed by atoms with van der Waals surface area (Å²) in [7, 11) is 0. The minimum atomic E-state index is -0.359. The normalized spacial score (nSPS) is 9.21. The highest BCUT2D eigenvalue weighted by Crippen LogP contribution is 2.12. The van der Waals surface area contributed by atoms with Crippen LogP contribution in [-0.4, -0.2) is 12.4 Å². The lowest BCUT2D eigenvalue weighted by atomic mass is 10.2. The third-order valence-corrected chi connectivity index (χ3v) is 1.50. The molecule has 0 spiro atoms. The molecule has 0 N–H and O–H groups in total. The number of hydrogen-bond donors (Lipinski definition) is 0. The summed E-state index contributed by atoms with van der Waals surface area (Å²) in [6.07, 6.45) is 0. The van der Waals surface area contributed by atoms with E-state index >= 15 is 0 Å². The van der Waals surface area contributed by atoms with Crippen LogP contribution in [0.15, 0.2) is 24.3 Å². The van der Waals surface area contributed by atoms with E-state index in [0.717, 1.165) is 5.56 Å². The fraction of sp³-hybridized carbons (Fsp3) is 0.200. The van der Waals surface area contributed by atoms with Gasteiger partial charge in [-0.1, -0.05) is 12.1 Å². The second kappa shape index (κ2) is 5.01. The fourth-order valence-electron chi connectivity index (χ4n) is 0.950. The summed E-state index contributed by atoms with van der Waals surface area (Å²) < 4.78 is 9.38. The first-order chi connectivity index (χ1) is 6.72. The maximum absolute atomic E-state index is 10.6. The van der Waals surface area contributed by atoms with E-state index in [1.54, 1.807) is 24.3 Å². The minimum absolute atomic E-state index is 0.226. The Labute approximate surface area is 81.4 Å². The zero-order valence-corrected chi connectivity index (χ0v) is 7.73. The highest BCUT2D eigenvalue weighted by Gasteiger charge is 1.98. The van der Waals surface area contributed by atoms with Crippen molar-refractivity contribution in [3.8, 4) is 5.75 Å². The number of benzene rings is 1. The molecule has 0 radical (unpaired) electrons. The summed E-state index contributed by atoms with van der Waals surface area (Å²) in [5.74, 6) is 0.120. The number of ether oxygens (including phenoxy) is 2. The Morgan fingerprint density at radius 1 is 1.36 bits per heavy atom. The van der Waals surface area contributed by atoms with Gasteiger partial charge in [-0.15, -0.1) is 0 Å². The molecule has 0 saturated carbocycles. The molecule has 0 unspecified atom stereocenters. The van der Waals surface area contributed by atoms with Crippen LogP contribution in [0.4, 0.5) is 0 Å². The molecule has 74 valence electrons. The predicted molar refractivity (Wildman–Crippen MR) is 48.6 cm³/mol. The van der Waals surface area contributed by atoms with Crippen molar-refractivity contribution in [1.82, 2.24) is 0 Å². The standard InChI is InChI=1S/C10H10O4/c1-8(12)14-10-4-2-9(3-5-10)6-13-7-11/h2-5,7H,6H2,1H3. The van der Waals surface area contributed by atoms with Crippen LogP contribution in [0.5, 0.6) is 5.75 Å². The van der Waals surface area contributed by atoms with Crippen LogP contribution in [0.1, 0.15) is 12.5 Å². The largest absolute Gasteiger partial charge is 0.463 e. The van der Waals surface area contributed by atoms with Gasteiger partial charge in [0.25, 0.3) is 6.47 Å². The minimum Gasteiger partial charge on any atom is -0.463 e. The lowest BCUT2D eigenvalue weighted by molar-refractivity contribution is -0.132. The van der Waals surface area contributed by atoms with Gasteiger partial charge in [-0.05, 0) is 17.7 Å². The van der Waals surface area contributed by atoms with Gasteiger partial charge < -0.3 is 9.47 Å². The molecule has 4 heteroatoms. The number of carbonyl (C=O) groups is 2. The van der Waals surface area contributed by atoms with Crippen LogP contribution in [0.2, 0.25) is 0 Å². The fourth-order valence-corrected chi connectivity index (χ4v) is 0.950. The van der Waals surface area contributed by atoms with Gasteiger partial charge in [-0.25, -0.2) is 0 Å². The van der Waals surface area contributed by atoms with E-state index in [-0.39, 0.29) is 12.6 Å². The Balaban J connectivity index is 2.58. The van der Waals surface area contributed by atoms with Crippen molar-refractivity contribution in [1.29, 1.82) is 0 Å². The van der Waals surface area contributed by atoms with Crippen molar-refractivity contribution in [2.75, 3.05) is 0 Å². The first-order valence-electron chi connectivity index (χ1n) is 4.05. The van der Waals surface area contributed by atoms with Gasteiger partial charge in [0.2, 0.25) is 0 Å². The van der Waals surface area contributed by atoms with Crippen molar-refractivity contribution < 1.29 is 19.1 Å². The quantitative estimate of drug-likeness (QED) is 0.411. The Morgan fingerprint density at radius 3 is 2.50 bits per heavy atom. The SMILES string of the molecule is CC(=O)Oc1ccc(COC=O)cc1. The number of hydrogen-bond acceptors (Lipinski definition) is 4. The van der Waals surface area contributed by atoms with Crippen LogP contribution in [-0.2, 0) is 20.9 Å². The molecule has 0 aromatic heterocycles. The molecule has 0 saturated heterocycles. The Bertz CT molecular complexity index is 315. The monoisotopic (exact) mass is 194 g/mol. The molecule has 0 aliphatic carbocycles. The Morgan fingerprint density at radius 2 is 2.00 bits per heavy atom. The molecule has 1 aromatic rings. The molecule has 1 rings (SSSR count). The zero-order chi connectivity index (χ0) is 10.4. The summed E-state index contributed by atoms with van der Waals surface area (Å²) in [4.78, 5) is 20.5. The van der Waals surface area contributed by atoms with Gasteiger partial charge in [-0.2, -0.15) is 0 Å². The van der Waals surface area contributed by atoms with Crippen molar-refractivity contribution >= 4 is 12.4 Å². The molecule has 0 aliphatic heterocycles. The third-order valence-electron chi connectivity index (χ3n) is 1.50. The number of carbonyl (C=O) groups excluding carboxylic acids is 2.